The summed E-state index contributed by atoms with van der Waals surface area (Å²) in [7, 11) is 0. The van der Waals surface area contributed by atoms with Crippen molar-refractivity contribution in [2.75, 3.05) is 60.9 Å². The number of nitrogens with one attached hydrogen (secondary N) is 1. The van der Waals surface area contributed by atoms with E-state index in [-0.39, 0.29) is 11.7 Å². The summed E-state index contributed by atoms with van der Waals surface area (Å²) >= 11 is 0. The summed E-state index contributed by atoms with van der Waals surface area (Å²) in [6.07, 6.45) is 2.51. The van der Waals surface area contributed by atoms with Crippen molar-refractivity contribution >= 4 is 23.0 Å². The summed E-state index contributed by atoms with van der Waals surface area (Å²) in [5.74, 6) is -0.195. The van der Waals surface area contributed by atoms with Crippen molar-refractivity contribution in [2.24, 2.45) is 0 Å². The van der Waals surface area contributed by atoms with Gasteiger partial charge in [0.2, 0.25) is 5.91 Å². The molecule has 0 saturated carbocycles. The lowest BCUT2D eigenvalue weighted by molar-refractivity contribution is -0.117. The molecule has 2 aliphatic heterocycles. The molecule has 2 heterocycles. The topological polar surface area (TPSA) is 38.8 Å². The lowest BCUT2D eigenvalue weighted by Crippen LogP contribution is -2.48. The molecular weight excluding hydrogens is 355 g/mol. The number of carbonyl (C=O) groups excluding carboxylic acids is 1. The van der Waals surface area contributed by atoms with Gasteiger partial charge in [-0.2, -0.15) is 0 Å². The summed E-state index contributed by atoms with van der Waals surface area (Å²) in [5.41, 5.74) is 2.70. The zero-order valence-electron chi connectivity index (χ0n) is 16.1. The molecule has 6 heteroatoms. The number of nitrogens with zero attached hydrogens (tertiary/aromatic N) is 3. The van der Waals surface area contributed by atoms with E-state index in [9.17, 15) is 9.18 Å². The van der Waals surface area contributed by atoms with Crippen molar-refractivity contribution < 1.29 is 9.18 Å². The highest BCUT2D eigenvalue weighted by Crippen LogP contribution is 2.22. The molecule has 2 fully saturated rings. The van der Waals surface area contributed by atoms with Crippen molar-refractivity contribution in [1.82, 2.24) is 4.90 Å². The zero-order chi connectivity index (χ0) is 19.3. The van der Waals surface area contributed by atoms with Crippen LogP contribution in [0.5, 0.6) is 0 Å². The van der Waals surface area contributed by atoms with Crippen LogP contribution < -0.4 is 15.1 Å². The van der Waals surface area contributed by atoms with Crippen molar-refractivity contribution in [3.8, 4) is 0 Å². The van der Waals surface area contributed by atoms with E-state index in [2.05, 4.69) is 27.2 Å². The number of halogens is 1. The molecule has 0 bridgehead atoms. The first-order chi connectivity index (χ1) is 13.7. The number of rotatable bonds is 5. The van der Waals surface area contributed by atoms with Gasteiger partial charge in [-0.05, 0) is 49.2 Å². The molecule has 28 heavy (non-hydrogen) atoms. The van der Waals surface area contributed by atoms with Gasteiger partial charge in [0.25, 0.3) is 0 Å². The second kappa shape index (κ2) is 8.61. The monoisotopic (exact) mass is 382 g/mol. The third kappa shape index (κ3) is 4.44. The molecule has 1 N–H and O–H groups in total. The molecule has 2 aromatic carbocycles. The smallest absolute Gasteiger partial charge is 0.238 e. The van der Waals surface area contributed by atoms with Crippen LogP contribution in [0, 0.1) is 5.82 Å². The first-order valence-electron chi connectivity index (χ1n) is 10.1. The van der Waals surface area contributed by atoms with Crippen LogP contribution >= 0.6 is 0 Å². The lowest BCUT2D eigenvalue weighted by atomic mass is 10.2. The van der Waals surface area contributed by atoms with Gasteiger partial charge in [0.1, 0.15) is 5.82 Å². The predicted octanol–water partition coefficient (Wildman–Crippen LogP) is 3.19. The first-order valence-corrected chi connectivity index (χ1v) is 10.1. The van der Waals surface area contributed by atoms with Crippen LogP contribution in [0.2, 0.25) is 0 Å². The summed E-state index contributed by atoms with van der Waals surface area (Å²) in [6.45, 7) is 5.52. The Labute approximate surface area is 165 Å². The average Bonchev–Trinajstić information content (AvgIpc) is 3.24. The van der Waals surface area contributed by atoms with Crippen LogP contribution in [0.1, 0.15) is 12.8 Å². The normalized spacial score (nSPS) is 17.8. The lowest BCUT2D eigenvalue weighted by Gasteiger charge is -2.35. The minimum atomic E-state index is -0.189. The Bertz CT molecular complexity index is 796. The number of amides is 1. The molecule has 1 amide bonds. The van der Waals surface area contributed by atoms with Gasteiger partial charge in [-0.25, -0.2) is 4.39 Å². The number of anilines is 3. The Kier molecular flexibility index (Phi) is 5.76. The fraction of sp³-hybridized carbons (Fsp3) is 0.409. The molecule has 0 spiro atoms. The number of benzene rings is 2. The van der Waals surface area contributed by atoms with Crippen LogP contribution in [-0.4, -0.2) is 56.6 Å². The van der Waals surface area contributed by atoms with E-state index in [1.807, 2.05) is 29.2 Å². The van der Waals surface area contributed by atoms with Crippen LogP contribution in [0.3, 0.4) is 0 Å². The highest BCUT2D eigenvalue weighted by Gasteiger charge is 2.21. The molecule has 2 saturated heterocycles. The number of para-hydroxylation sites is 1. The number of piperazine rings is 1. The number of hydrogen-bond donors (Lipinski definition) is 1. The standard InChI is InChI=1S/C22H27FN4O/c23-20-5-1-2-6-21(20)27-15-13-25(14-16-27)17-22(28)24-18-7-9-19(10-8-18)26-11-3-4-12-26/h1-2,5-10H,3-4,11-17H2,(H,24,28). The molecule has 0 atom stereocenters. The minimum Gasteiger partial charge on any atom is -0.372 e. The average molecular weight is 382 g/mol. The van der Waals surface area contributed by atoms with Gasteiger partial charge < -0.3 is 15.1 Å². The second-order valence-electron chi connectivity index (χ2n) is 7.50. The zero-order valence-corrected chi connectivity index (χ0v) is 16.1. The van der Waals surface area contributed by atoms with E-state index in [0.29, 0.717) is 12.2 Å². The van der Waals surface area contributed by atoms with Crippen LogP contribution in [0.25, 0.3) is 0 Å². The second-order valence-corrected chi connectivity index (χ2v) is 7.50. The Morgan fingerprint density at radius 3 is 2.21 bits per heavy atom. The van der Waals surface area contributed by atoms with Gasteiger partial charge in [0, 0.05) is 50.6 Å². The fourth-order valence-electron chi connectivity index (χ4n) is 3.99. The van der Waals surface area contributed by atoms with E-state index in [0.717, 1.165) is 45.0 Å². The van der Waals surface area contributed by atoms with E-state index in [4.69, 9.17) is 0 Å². The van der Waals surface area contributed by atoms with Gasteiger partial charge in [-0.15, -0.1) is 0 Å². The predicted molar refractivity (Wildman–Crippen MR) is 112 cm³/mol. The Morgan fingerprint density at radius 2 is 1.54 bits per heavy atom. The van der Waals surface area contributed by atoms with Gasteiger partial charge >= 0.3 is 0 Å². The maximum absolute atomic E-state index is 13.9. The maximum atomic E-state index is 13.9. The Morgan fingerprint density at radius 1 is 0.857 bits per heavy atom. The van der Waals surface area contributed by atoms with Crippen LogP contribution in [-0.2, 0) is 4.79 Å². The largest absolute Gasteiger partial charge is 0.372 e. The van der Waals surface area contributed by atoms with E-state index in [1.165, 1.54) is 24.6 Å². The highest BCUT2D eigenvalue weighted by molar-refractivity contribution is 5.92. The summed E-state index contributed by atoms with van der Waals surface area (Å²) in [5, 5.41) is 2.99. The van der Waals surface area contributed by atoms with Crippen molar-refractivity contribution in [1.29, 1.82) is 0 Å². The van der Waals surface area contributed by atoms with E-state index >= 15 is 0 Å². The van der Waals surface area contributed by atoms with E-state index in [1.54, 1.807) is 6.07 Å². The molecule has 5 nitrogen and oxygen atoms in total. The quantitative estimate of drug-likeness (QED) is 0.862. The number of hydrogen-bond acceptors (Lipinski definition) is 4. The Hall–Kier alpha value is -2.60. The molecule has 0 aromatic heterocycles. The molecule has 0 radical (unpaired) electrons. The van der Waals surface area contributed by atoms with Crippen molar-refractivity contribution in [2.45, 2.75) is 12.8 Å². The first kappa shape index (κ1) is 18.7. The van der Waals surface area contributed by atoms with Crippen molar-refractivity contribution in [3.05, 3.63) is 54.3 Å². The SMILES string of the molecule is O=C(CN1CCN(c2ccccc2F)CC1)Nc1ccc(N2CCCC2)cc1. The summed E-state index contributed by atoms with van der Waals surface area (Å²) in [6, 6.07) is 15.0. The molecule has 0 unspecified atom stereocenters. The molecule has 148 valence electrons. The van der Waals surface area contributed by atoms with Gasteiger partial charge in [-0.1, -0.05) is 12.1 Å². The van der Waals surface area contributed by atoms with Gasteiger partial charge in [0.05, 0.1) is 12.2 Å². The van der Waals surface area contributed by atoms with Gasteiger partial charge in [0.15, 0.2) is 0 Å². The molecule has 2 aromatic rings. The molecule has 2 aliphatic rings. The Balaban J connectivity index is 1.25. The third-order valence-corrected chi connectivity index (χ3v) is 5.55. The molecule has 0 aliphatic carbocycles. The third-order valence-electron chi connectivity index (χ3n) is 5.55. The number of carbonyl (C=O) groups is 1. The van der Waals surface area contributed by atoms with Crippen molar-refractivity contribution in [3.63, 3.8) is 0 Å². The molecule has 4 rings (SSSR count). The summed E-state index contributed by atoms with van der Waals surface area (Å²) in [4.78, 5) is 18.9. The highest BCUT2D eigenvalue weighted by atomic mass is 19.1. The maximum Gasteiger partial charge on any atom is 0.238 e. The molecular formula is C22H27FN4O. The van der Waals surface area contributed by atoms with Crippen LogP contribution in [0.15, 0.2) is 48.5 Å². The van der Waals surface area contributed by atoms with E-state index < -0.39 is 0 Å². The minimum absolute atomic E-state index is 0.00624. The fourth-order valence-corrected chi connectivity index (χ4v) is 3.99. The van der Waals surface area contributed by atoms with Gasteiger partial charge in [-0.3, -0.25) is 9.69 Å². The summed E-state index contributed by atoms with van der Waals surface area (Å²) < 4.78 is 13.9. The van der Waals surface area contributed by atoms with Crippen LogP contribution in [0.4, 0.5) is 21.5 Å².